The van der Waals surface area contributed by atoms with E-state index in [-0.39, 0.29) is 11.3 Å². The first-order valence-electron chi connectivity index (χ1n) is 6.23. The third-order valence-corrected chi connectivity index (χ3v) is 2.65. The number of benzene rings is 1. The summed E-state index contributed by atoms with van der Waals surface area (Å²) in [4.78, 5) is 11.9. The van der Waals surface area contributed by atoms with Crippen LogP contribution >= 0.6 is 0 Å². The first kappa shape index (κ1) is 14.8. The zero-order valence-electron chi connectivity index (χ0n) is 10.9. The largest absolute Gasteiger partial charge is 0.507 e. The number of esters is 1. The highest BCUT2D eigenvalue weighted by molar-refractivity contribution is 5.94. The molecule has 0 radical (unpaired) electrons. The first-order chi connectivity index (χ1) is 9.20. The maximum Gasteiger partial charge on any atom is 0.342 e. The standard InChI is InChI=1S/C16H18O3/c1-3-5-6-7-12-19-16(18)15-13(9-4-2)10-8-11-14(15)17/h1,4,8,10-11,17H,2,5-7,9,12H2. The minimum atomic E-state index is -0.504. The average molecular weight is 258 g/mol. The molecule has 0 saturated heterocycles. The van der Waals surface area contributed by atoms with Gasteiger partial charge in [-0.15, -0.1) is 18.9 Å². The summed E-state index contributed by atoms with van der Waals surface area (Å²) in [5.74, 6) is 1.96. The van der Waals surface area contributed by atoms with Crippen molar-refractivity contribution >= 4 is 5.97 Å². The van der Waals surface area contributed by atoms with Gasteiger partial charge in [-0.05, 0) is 30.9 Å². The van der Waals surface area contributed by atoms with Gasteiger partial charge in [0.2, 0.25) is 0 Å². The van der Waals surface area contributed by atoms with Gasteiger partial charge >= 0.3 is 5.97 Å². The third kappa shape index (κ3) is 4.51. The van der Waals surface area contributed by atoms with E-state index in [1.807, 2.05) is 0 Å². The topological polar surface area (TPSA) is 46.5 Å². The van der Waals surface area contributed by atoms with Gasteiger partial charge in [-0.2, -0.15) is 0 Å². The van der Waals surface area contributed by atoms with Crippen molar-refractivity contribution in [2.24, 2.45) is 0 Å². The second kappa shape index (κ2) is 7.99. The maximum atomic E-state index is 11.9. The van der Waals surface area contributed by atoms with Crippen LogP contribution in [0.3, 0.4) is 0 Å². The molecule has 0 aromatic heterocycles. The summed E-state index contributed by atoms with van der Waals surface area (Å²) in [5.41, 5.74) is 0.933. The maximum absolute atomic E-state index is 11.9. The molecule has 0 atom stereocenters. The highest BCUT2D eigenvalue weighted by Gasteiger charge is 2.16. The van der Waals surface area contributed by atoms with Crippen molar-refractivity contribution in [2.45, 2.75) is 25.7 Å². The molecule has 1 aromatic carbocycles. The molecule has 100 valence electrons. The molecule has 0 bridgehead atoms. The number of terminal acetylenes is 1. The van der Waals surface area contributed by atoms with Crippen LogP contribution in [0, 0.1) is 12.3 Å². The van der Waals surface area contributed by atoms with Crippen LogP contribution in [0.4, 0.5) is 0 Å². The Morgan fingerprint density at radius 3 is 2.95 bits per heavy atom. The zero-order chi connectivity index (χ0) is 14.1. The van der Waals surface area contributed by atoms with Crippen LogP contribution in [0.15, 0.2) is 30.9 Å². The summed E-state index contributed by atoms with van der Waals surface area (Å²) in [6.45, 7) is 3.94. The van der Waals surface area contributed by atoms with E-state index in [1.165, 1.54) is 6.07 Å². The van der Waals surface area contributed by atoms with Gasteiger partial charge < -0.3 is 9.84 Å². The minimum Gasteiger partial charge on any atom is -0.507 e. The Labute approximate surface area is 113 Å². The van der Waals surface area contributed by atoms with Gasteiger partial charge in [0, 0.05) is 6.42 Å². The molecule has 0 spiro atoms. The zero-order valence-corrected chi connectivity index (χ0v) is 10.9. The van der Waals surface area contributed by atoms with Gasteiger partial charge in [-0.1, -0.05) is 18.2 Å². The third-order valence-electron chi connectivity index (χ3n) is 2.65. The Kier molecular flexibility index (Phi) is 6.25. The van der Waals surface area contributed by atoms with Gasteiger partial charge in [0.05, 0.1) is 6.61 Å². The normalized spacial score (nSPS) is 9.63. The molecule has 0 aliphatic carbocycles. The molecule has 0 aliphatic heterocycles. The quantitative estimate of drug-likeness (QED) is 0.354. The van der Waals surface area contributed by atoms with E-state index in [1.54, 1.807) is 18.2 Å². The number of rotatable bonds is 7. The Hall–Kier alpha value is -2.21. The lowest BCUT2D eigenvalue weighted by atomic mass is 10.0. The van der Waals surface area contributed by atoms with Gasteiger partial charge in [0.1, 0.15) is 11.3 Å². The summed E-state index contributed by atoms with van der Waals surface area (Å²) in [6.07, 6.45) is 9.55. The predicted octanol–water partition coefficient (Wildman–Crippen LogP) is 3.08. The number of hydrogen-bond donors (Lipinski definition) is 1. The van der Waals surface area contributed by atoms with E-state index in [0.717, 1.165) is 12.8 Å². The van der Waals surface area contributed by atoms with Crippen molar-refractivity contribution in [1.29, 1.82) is 0 Å². The lowest BCUT2D eigenvalue weighted by Gasteiger charge is -2.10. The Morgan fingerprint density at radius 1 is 1.47 bits per heavy atom. The molecule has 1 N–H and O–H groups in total. The molecular weight excluding hydrogens is 240 g/mol. The highest BCUT2D eigenvalue weighted by Crippen LogP contribution is 2.22. The van der Waals surface area contributed by atoms with Crippen molar-refractivity contribution in [3.63, 3.8) is 0 Å². The van der Waals surface area contributed by atoms with Crippen molar-refractivity contribution in [1.82, 2.24) is 0 Å². The van der Waals surface area contributed by atoms with Gasteiger partial charge in [0.25, 0.3) is 0 Å². The van der Waals surface area contributed by atoms with Gasteiger partial charge in [-0.3, -0.25) is 0 Å². The molecule has 0 saturated carbocycles. The second-order valence-corrected chi connectivity index (χ2v) is 4.10. The van der Waals surface area contributed by atoms with Gasteiger partial charge in [0.15, 0.2) is 0 Å². The number of aromatic hydroxyl groups is 1. The molecule has 3 heteroatoms. The molecule has 19 heavy (non-hydrogen) atoms. The molecule has 1 aromatic rings. The Bertz CT molecular complexity index is 483. The van der Waals surface area contributed by atoms with E-state index in [2.05, 4.69) is 12.5 Å². The summed E-state index contributed by atoms with van der Waals surface area (Å²) in [5, 5.41) is 9.77. The number of hydrogen-bond acceptors (Lipinski definition) is 3. The second-order valence-electron chi connectivity index (χ2n) is 4.10. The highest BCUT2D eigenvalue weighted by atomic mass is 16.5. The van der Waals surface area contributed by atoms with Crippen LogP contribution in [0.5, 0.6) is 5.75 Å². The van der Waals surface area contributed by atoms with Crippen molar-refractivity contribution in [3.8, 4) is 18.1 Å². The van der Waals surface area contributed by atoms with E-state index in [4.69, 9.17) is 11.2 Å². The Balaban J connectivity index is 2.65. The molecule has 0 heterocycles. The van der Waals surface area contributed by atoms with Crippen LogP contribution in [-0.2, 0) is 11.2 Å². The van der Waals surface area contributed by atoms with E-state index >= 15 is 0 Å². The molecule has 3 nitrogen and oxygen atoms in total. The number of ether oxygens (including phenoxy) is 1. The average Bonchev–Trinajstić information content (AvgIpc) is 2.39. The lowest BCUT2D eigenvalue weighted by Crippen LogP contribution is -2.09. The smallest absolute Gasteiger partial charge is 0.342 e. The lowest BCUT2D eigenvalue weighted by molar-refractivity contribution is 0.0494. The van der Waals surface area contributed by atoms with Crippen LogP contribution in [0.2, 0.25) is 0 Å². The van der Waals surface area contributed by atoms with Gasteiger partial charge in [-0.25, -0.2) is 4.79 Å². The first-order valence-corrected chi connectivity index (χ1v) is 6.23. The summed E-state index contributed by atoms with van der Waals surface area (Å²) >= 11 is 0. The number of phenolic OH excluding ortho intramolecular Hbond substituents is 1. The summed E-state index contributed by atoms with van der Waals surface area (Å²) in [6, 6.07) is 4.94. The van der Waals surface area contributed by atoms with E-state index in [0.29, 0.717) is 25.0 Å². The van der Waals surface area contributed by atoms with Crippen LogP contribution in [0.25, 0.3) is 0 Å². The number of phenols is 1. The monoisotopic (exact) mass is 258 g/mol. The molecule has 0 unspecified atom stereocenters. The van der Waals surface area contributed by atoms with Crippen LogP contribution in [-0.4, -0.2) is 17.7 Å². The fraction of sp³-hybridized carbons (Fsp3) is 0.312. The van der Waals surface area contributed by atoms with Crippen molar-refractivity contribution < 1.29 is 14.6 Å². The van der Waals surface area contributed by atoms with Crippen LogP contribution in [0.1, 0.15) is 35.2 Å². The minimum absolute atomic E-state index is 0.0621. The number of allylic oxidation sites excluding steroid dienone is 1. The molecule has 0 aliphatic rings. The van der Waals surface area contributed by atoms with E-state index < -0.39 is 5.97 Å². The summed E-state index contributed by atoms with van der Waals surface area (Å²) in [7, 11) is 0. The van der Waals surface area contributed by atoms with Crippen molar-refractivity contribution in [2.75, 3.05) is 6.61 Å². The van der Waals surface area contributed by atoms with Crippen LogP contribution < -0.4 is 0 Å². The number of unbranched alkanes of at least 4 members (excludes halogenated alkanes) is 2. The molecule has 0 amide bonds. The molecular formula is C16H18O3. The fourth-order valence-corrected chi connectivity index (χ4v) is 1.71. The molecule has 0 fully saturated rings. The summed E-state index contributed by atoms with van der Waals surface area (Å²) < 4.78 is 5.14. The molecule has 1 rings (SSSR count). The van der Waals surface area contributed by atoms with E-state index in [9.17, 15) is 9.90 Å². The Morgan fingerprint density at radius 2 is 2.26 bits per heavy atom. The van der Waals surface area contributed by atoms with Crippen molar-refractivity contribution in [3.05, 3.63) is 42.0 Å². The SMILES string of the molecule is C#CCCCCOC(=O)c1c(O)cccc1CC=C. The number of carbonyl (C=O) groups is 1. The fourth-order valence-electron chi connectivity index (χ4n) is 1.71. The predicted molar refractivity (Wildman–Crippen MR) is 75.0 cm³/mol. The number of carbonyl (C=O) groups excluding carboxylic acids is 1.